The van der Waals surface area contributed by atoms with Gasteiger partial charge in [-0.2, -0.15) is 4.98 Å². The molecular weight excluding hydrogens is 364 g/mol. The molecule has 0 saturated carbocycles. The third-order valence-corrected chi connectivity index (χ3v) is 5.04. The lowest BCUT2D eigenvalue weighted by Crippen LogP contribution is -2.45. The average molecular weight is 382 g/mol. The summed E-state index contributed by atoms with van der Waals surface area (Å²) in [4.78, 5) is 41.3. The van der Waals surface area contributed by atoms with Gasteiger partial charge in [0.1, 0.15) is 5.39 Å². The van der Waals surface area contributed by atoms with Crippen LogP contribution in [0.3, 0.4) is 0 Å². The molecule has 2 aliphatic rings. The van der Waals surface area contributed by atoms with E-state index in [4.69, 9.17) is 9.47 Å². The normalized spacial score (nSPS) is 16.7. The predicted octanol–water partition coefficient (Wildman–Crippen LogP) is -0.0505. The van der Waals surface area contributed by atoms with Gasteiger partial charge in [0.05, 0.1) is 5.69 Å². The number of piperazine rings is 1. The van der Waals surface area contributed by atoms with Crippen molar-refractivity contribution in [3.63, 3.8) is 0 Å². The second-order valence-corrected chi connectivity index (χ2v) is 6.83. The highest BCUT2D eigenvalue weighted by Gasteiger charge is 2.20. The summed E-state index contributed by atoms with van der Waals surface area (Å²) < 4.78 is 11.7. The molecule has 1 saturated heterocycles. The van der Waals surface area contributed by atoms with Crippen molar-refractivity contribution in [3.8, 4) is 17.2 Å². The van der Waals surface area contributed by atoms with Gasteiger partial charge in [-0.05, 0) is 19.2 Å². The maximum atomic E-state index is 13.0. The Hall–Kier alpha value is -3.40. The Kier molecular flexibility index (Phi) is 3.79. The standard InChI is InChI=1S/C18H18N6O4/c1-22-4-6-23(7-5-22)17-19-9-12-15(20-17)21-18(26)24(16(12)25)11-2-3-13-14(8-11)28-10-27-13/h2-3,8-9H,4-7,10H2,1H3,(H,19,20,21,26). The lowest BCUT2D eigenvalue weighted by molar-refractivity contribution is 0.174. The van der Waals surface area contributed by atoms with E-state index >= 15 is 0 Å². The maximum absolute atomic E-state index is 13.0. The van der Waals surface area contributed by atoms with Gasteiger partial charge in [-0.1, -0.05) is 0 Å². The summed E-state index contributed by atoms with van der Waals surface area (Å²) >= 11 is 0. The number of anilines is 1. The first-order valence-corrected chi connectivity index (χ1v) is 8.96. The van der Waals surface area contributed by atoms with E-state index in [1.165, 1.54) is 6.20 Å². The number of hydrogen-bond donors (Lipinski definition) is 1. The number of benzene rings is 1. The van der Waals surface area contributed by atoms with Crippen molar-refractivity contribution in [3.05, 3.63) is 45.2 Å². The highest BCUT2D eigenvalue weighted by Crippen LogP contribution is 2.33. The third kappa shape index (κ3) is 2.69. The smallest absolute Gasteiger partial charge is 0.334 e. The quantitative estimate of drug-likeness (QED) is 0.658. The van der Waals surface area contributed by atoms with Crippen LogP contribution in [0.2, 0.25) is 0 Å². The van der Waals surface area contributed by atoms with E-state index in [1.807, 2.05) is 4.90 Å². The lowest BCUT2D eigenvalue weighted by atomic mass is 10.2. The van der Waals surface area contributed by atoms with Gasteiger partial charge in [-0.3, -0.25) is 9.78 Å². The minimum Gasteiger partial charge on any atom is -0.454 e. The molecule has 0 atom stereocenters. The largest absolute Gasteiger partial charge is 0.454 e. The first-order chi connectivity index (χ1) is 13.6. The Morgan fingerprint density at radius 3 is 2.68 bits per heavy atom. The fraction of sp³-hybridized carbons (Fsp3) is 0.333. The number of nitrogens with zero attached hydrogens (tertiary/aromatic N) is 5. The van der Waals surface area contributed by atoms with Gasteiger partial charge in [0.25, 0.3) is 5.56 Å². The van der Waals surface area contributed by atoms with Crippen molar-refractivity contribution in [1.29, 1.82) is 0 Å². The van der Waals surface area contributed by atoms with E-state index in [1.54, 1.807) is 18.2 Å². The van der Waals surface area contributed by atoms with Crippen LogP contribution in [-0.2, 0) is 0 Å². The van der Waals surface area contributed by atoms with Crippen molar-refractivity contribution in [2.45, 2.75) is 0 Å². The molecule has 0 amide bonds. The second kappa shape index (κ2) is 6.34. The van der Waals surface area contributed by atoms with Crippen molar-refractivity contribution in [1.82, 2.24) is 24.4 Å². The molecule has 1 N–H and O–H groups in total. The number of aromatic amines is 1. The number of fused-ring (bicyclic) bond motifs is 2. The number of hydrogen-bond acceptors (Lipinski definition) is 8. The molecule has 2 aliphatic heterocycles. The predicted molar refractivity (Wildman–Crippen MR) is 102 cm³/mol. The summed E-state index contributed by atoms with van der Waals surface area (Å²) in [6, 6.07) is 4.90. The number of ether oxygens (including phenoxy) is 2. The Morgan fingerprint density at radius 2 is 1.86 bits per heavy atom. The van der Waals surface area contributed by atoms with Crippen molar-refractivity contribution < 1.29 is 9.47 Å². The zero-order valence-corrected chi connectivity index (χ0v) is 15.2. The van der Waals surface area contributed by atoms with Gasteiger partial charge in [0.15, 0.2) is 17.1 Å². The summed E-state index contributed by atoms with van der Waals surface area (Å²) in [6.45, 7) is 3.51. The Balaban J connectivity index is 1.58. The molecule has 0 aliphatic carbocycles. The molecule has 1 fully saturated rings. The summed E-state index contributed by atoms with van der Waals surface area (Å²) in [6.07, 6.45) is 1.47. The summed E-state index contributed by atoms with van der Waals surface area (Å²) in [5, 5.41) is 0.246. The van der Waals surface area contributed by atoms with Gasteiger partial charge in [0, 0.05) is 38.4 Å². The second-order valence-electron chi connectivity index (χ2n) is 6.83. The summed E-state index contributed by atoms with van der Waals surface area (Å²) in [7, 11) is 2.06. The van der Waals surface area contributed by atoms with Crippen LogP contribution in [0.25, 0.3) is 16.7 Å². The molecule has 2 aromatic heterocycles. The van der Waals surface area contributed by atoms with Gasteiger partial charge in [-0.15, -0.1) is 0 Å². The maximum Gasteiger partial charge on any atom is 0.334 e. The fourth-order valence-corrected chi connectivity index (χ4v) is 3.41. The zero-order chi connectivity index (χ0) is 19.3. The van der Waals surface area contributed by atoms with E-state index in [9.17, 15) is 9.59 Å². The number of aromatic nitrogens is 4. The molecule has 4 heterocycles. The Morgan fingerprint density at radius 1 is 1.07 bits per heavy atom. The van der Waals surface area contributed by atoms with Gasteiger partial charge < -0.3 is 19.3 Å². The minimum absolute atomic E-state index is 0.116. The van der Waals surface area contributed by atoms with Crippen LogP contribution >= 0.6 is 0 Å². The van der Waals surface area contributed by atoms with Crippen LogP contribution in [0.5, 0.6) is 11.5 Å². The number of rotatable bonds is 2. The first kappa shape index (κ1) is 16.8. The molecule has 0 radical (unpaired) electrons. The fourth-order valence-electron chi connectivity index (χ4n) is 3.41. The molecule has 1 aromatic carbocycles. The van der Waals surface area contributed by atoms with E-state index < -0.39 is 11.2 Å². The number of H-pyrrole nitrogens is 1. The van der Waals surface area contributed by atoms with Crippen LogP contribution in [0.1, 0.15) is 0 Å². The van der Waals surface area contributed by atoms with E-state index in [0.717, 1.165) is 30.7 Å². The van der Waals surface area contributed by atoms with E-state index in [2.05, 4.69) is 26.9 Å². The van der Waals surface area contributed by atoms with Gasteiger partial charge >= 0.3 is 5.69 Å². The van der Waals surface area contributed by atoms with Gasteiger partial charge in [-0.25, -0.2) is 14.3 Å². The number of nitrogens with one attached hydrogen (secondary N) is 1. The van der Waals surface area contributed by atoms with Gasteiger partial charge in [0.2, 0.25) is 12.7 Å². The van der Waals surface area contributed by atoms with E-state index in [-0.39, 0.29) is 17.8 Å². The summed E-state index contributed by atoms with van der Waals surface area (Å²) in [5.74, 6) is 1.58. The van der Waals surface area contributed by atoms with Crippen LogP contribution in [0.4, 0.5) is 5.95 Å². The molecule has 0 unspecified atom stereocenters. The molecule has 28 heavy (non-hydrogen) atoms. The molecule has 0 spiro atoms. The molecule has 144 valence electrons. The van der Waals surface area contributed by atoms with Crippen molar-refractivity contribution in [2.24, 2.45) is 0 Å². The van der Waals surface area contributed by atoms with E-state index in [0.29, 0.717) is 23.1 Å². The van der Waals surface area contributed by atoms with Crippen LogP contribution in [0.15, 0.2) is 34.0 Å². The number of likely N-dealkylation sites (N-methyl/N-ethyl adjacent to an activating group) is 1. The average Bonchev–Trinajstić information content (AvgIpc) is 3.16. The van der Waals surface area contributed by atoms with Crippen LogP contribution in [0, 0.1) is 0 Å². The molecule has 0 bridgehead atoms. The zero-order valence-electron chi connectivity index (χ0n) is 15.2. The van der Waals surface area contributed by atoms with Crippen molar-refractivity contribution in [2.75, 3.05) is 44.9 Å². The Labute approximate surface area is 159 Å². The van der Waals surface area contributed by atoms with Crippen molar-refractivity contribution >= 4 is 17.0 Å². The minimum atomic E-state index is -0.570. The highest BCUT2D eigenvalue weighted by atomic mass is 16.7. The van der Waals surface area contributed by atoms with Crippen LogP contribution in [-0.4, -0.2) is 64.4 Å². The lowest BCUT2D eigenvalue weighted by Gasteiger charge is -2.32. The first-order valence-electron chi connectivity index (χ1n) is 8.96. The Bertz CT molecular complexity index is 1180. The third-order valence-electron chi connectivity index (χ3n) is 5.04. The monoisotopic (exact) mass is 382 g/mol. The summed E-state index contributed by atoms with van der Waals surface area (Å²) in [5.41, 5.74) is -0.432. The molecule has 10 nitrogen and oxygen atoms in total. The molecule has 5 rings (SSSR count). The topological polar surface area (TPSA) is 106 Å². The highest BCUT2D eigenvalue weighted by molar-refractivity contribution is 5.74. The molecule has 3 aromatic rings. The molecule has 10 heteroatoms. The van der Waals surface area contributed by atoms with Crippen LogP contribution < -0.4 is 25.6 Å². The SMILES string of the molecule is CN1CCN(c2ncc3c(=O)n(-c4ccc5c(c4)OCO5)c(=O)[nH]c3n2)CC1. The molecular formula is C18H18N6O4.